The van der Waals surface area contributed by atoms with Crippen molar-refractivity contribution in [1.29, 1.82) is 0 Å². The Bertz CT molecular complexity index is 824. The second-order valence-electron chi connectivity index (χ2n) is 8.30. The number of piperidine rings is 1. The van der Waals surface area contributed by atoms with Gasteiger partial charge < -0.3 is 19.0 Å². The summed E-state index contributed by atoms with van der Waals surface area (Å²) in [6, 6.07) is 14.1. The zero-order valence-corrected chi connectivity index (χ0v) is 17.9. The molecule has 30 heavy (non-hydrogen) atoms. The van der Waals surface area contributed by atoms with Gasteiger partial charge >= 0.3 is 0 Å². The largest absolute Gasteiger partial charge is 0.496 e. The minimum Gasteiger partial charge on any atom is -0.496 e. The van der Waals surface area contributed by atoms with Crippen molar-refractivity contribution in [3.05, 3.63) is 53.6 Å². The van der Waals surface area contributed by atoms with Crippen molar-refractivity contribution in [3.8, 4) is 17.2 Å². The number of rotatable bonds is 9. The van der Waals surface area contributed by atoms with Crippen molar-refractivity contribution in [1.82, 2.24) is 4.90 Å². The molecule has 0 N–H and O–H groups in total. The minimum absolute atomic E-state index is 0.0610. The van der Waals surface area contributed by atoms with E-state index in [0.29, 0.717) is 6.54 Å². The molecular formula is C25H31NO4. The minimum atomic E-state index is -0.121. The third-order valence-corrected chi connectivity index (χ3v) is 6.23. The Balaban J connectivity index is 1.57. The molecule has 4 rings (SSSR count). The molecule has 1 saturated carbocycles. The van der Waals surface area contributed by atoms with Crippen LogP contribution in [-0.4, -0.2) is 38.1 Å². The van der Waals surface area contributed by atoms with Gasteiger partial charge in [0.2, 0.25) is 0 Å². The van der Waals surface area contributed by atoms with Crippen LogP contribution in [0.3, 0.4) is 0 Å². The molecule has 5 nitrogen and oxygen atoms in total. The summed E-state index contributed by atoms with van der Waals surface area (Å²) in [7, 11) is 3.37. The highest BCUT2D eigenvalue weighted by Crippen LogP contribution is 2.43. The van der Waals surface area contributed by atoms with Crippen molar-refractivity contribution in [2.24, 2.45) is 5.92 Å². The van der Waals surface area contributed by atoms with Crippen LogP contribution in [0, 0.1) is 5.92 Å². The molecule has 0 spiro atoms. The summed E-state index contributed by atoms with van der Waals surface area (Å²) in [5.74, 6) is 3.27. The van der Waals surface area contributed by atoms with Gasteiger partial charge in [-0.2, -0.15) is 0 Å². The Labute approximate surface area is 178 Å². The van der Waals surface area contributed by atoms with Crippen LogP contribution in [0.25, 0.3) is 0 Å². The molecular weight excluding hydrogens is 378 g/mol. The first kappa shape index (κ1) is 20.7. The standard InChI is InChI=1S/C25H31NO4/c1-28-23-7-4-8-24(29-2)25(23)22-6-3-5-20(16-27)26(22)15-18-11-13-21(14-12-18)30-17-19-9-10-19/h4,7-8,11-14,16,19-20,22H,3,5-6,9-10,15,17H2,1-2H3. The number of ether oxygens (including phenoxy) is 3. The van der Waals surface area contributed by atoms with E-state index >= 15 is 0 Å². The fraction of sp³-hybridized carbons (Fsp3) is 0.480. The lowest BCUT2D eigenvalue weighted by atomic mass is 9.89. The van der Waals surface area contributed by atoms with Gasteiger partial charge in [-0.3, -0.25) is 4.90 Å². The summed E-state index contributed by atoms with van der Waals surface area (Å²) in [6.45, 7) is 1.51. The first-order valence-corrected chi connectivity index (χ1v) is 10.9. The Morgan fingerprint density at radius 2 is 1.67 bits per heavy atom. The number of likely N-dealkylation sites (tertiary alicyclic amines) is 1. The average molecular weight is 410 g/mol. The van der Waals surface area contributed by atoms with Gasteiger partial charge in [-0.05, 0) is 67.9 Å². The lowest BCUT2D eigenvalue weighted by molar-refractivity contribution is -0.115. The Hall–Kier alpha value is -2.53. The number of nitrogens with zero attached hydrogens (tertiary/aromatic N) is 1. The molecule has 5 heteroatoms. The van der Waals surface area contributed by atoms with Crippen LogP contribution in [0.2, 0.25) is 0 Å². The van der Waals surface area contributed by atoms with E-state index in [2.05, 4.69) is 17.0 Å². The van der Waals surface area contributed by atoms with E-state index in [4.69, 9.17) is 14.2 Å². The number of benzene rings is 2. The molecule has 1 heterocycles. The van der Waals surface area contributed by atoms with Crippen molar-refractivity contribution in [2.75, 3.05) is 20.8 Å². The molecule has 2 unspecified atom stereocenters. The second-order valence-corrected chi connectivity index (χ2v) is 8.30. The maximum atomic E-state index is 11.9. The highest BCUT2D eigenvalue weighted by atomic mass is 16.5. The van der Waals surface area contributed by atoms with Crippen LogP contribution in [0.15, 0.2) is 42.5 Å². The third kappa shape index (κ3) is 4.62. The van der Waals surface area contributed by atoms with Crippen molar-refractivity contribution < 1.29 is 19.0 Å². The number of aldehydes is 1. The molecule has 2 aromatic rings. The fourth-order valence-corrected chi connectivity index (χ4v) is 4.38. The van der Waals surface area contributed by atoms with Crippen LogP contribution in [0.1, 0.15) is 49.3 Å². The lowest BCUT2D eigenvalue weighted by Crippen LogP contribution is -2.42. The predicted molar refractivity (Wildman–Crippen MR) is 116 cm³/mol. The molecule has 0 aromatic heterocycles. The molecule has 2 atom stereocenters. The zero-order chi connectivity index (χ0) is 20.9. The molecule has 0 bridgehead atoms. The van der Waals surface area contributed by atoms with Gasteiger partial charge in [0.1, 0.15) is 23.5 Å². The number of carbonyl (C=O) groups is 1. The maximum Gasteiger partial charge on any atom is 0.137 e. The lowest BCUT2D eigenvalue weighted by Gasteiger charge is -2.41. The summed E-state index contributed by atoms with van der Waals surface area (Å²) >= 11 is 0. The summed E-state index contributed by atoms with van der Waals surface area (Å²) in [6.07, 6.45) is 6.49. The monoisotopic (exact) mass is 409 g/mol. The van der Waals surface area contributed by atoms with Crippen molar-refractivity contribution >= 4 is 6.29 Å². The Morgan fingerprint density at radius 3 is 2.27 bits per heavy atom. The van der Waals surface area contributed by atoms with Gasteiger partial charge in [0.25, 0.3) is 0 Å². The quantitative estimate of drug-likeness (QED) is 0.558. The van der Waals surface area contributed by atoms with Gasteiger partial charge in [0.05, 0.1) is 32.4 Å². The van der Waals surface area contributed by atoms with Gasteiger partial charge in [-0.25, -0.2) is 0 Å². The second kappa shape index (κ2) is 9.52. The summed E-state index contributed by atoms with van der Waals surface area (Å²) in [4.78, 5) is 14.2. The predicted octanol–water partition coefficient (Wildman–Crippen LogP) is 4.79. The summed E-state index contributed by atoms with van der Waals surface area (Å²) in [5, 5.41) is 0. The fourth-order valence-electron chi connectivity index (χ4n) is 4.38. The number of carbonyl (C=O) groups excluding carboxylic acids is 1. The molecule has 1 aliphatic carbocycles. The molecule has 0 amide bonds. The summed E-state index contributed by atoms with van der Waals surface area (Å²) < 4.78 is 17.2. The molecule has 1 saturated heterocycles. The smallest absolute Gasteiger partial charge is 0.137 e. The van der Waals surface area contributed by atoms with E-state index in [-0.39, 0.29) is 12.1 Å². The topological polar surface area (TPSA) is 48.0 Å². The van der Waals surface area contributed by atoms with Crippen LogP contribution >= 0.6 is 0 Å². The zero-order valence-electron chi connectivity index (χ0n) is 17.9. The maximum absolute atomic E-state index is 11.9. The van der Waals surface area contributed by atoms with E-state index in [0.717, 1.165) is 60.9 Å². The molecule has 160 valence electrons. The Morgan fingerprint density at radius 1 is 0.967 bits per heavy atom. The highest BCUT2D eigenvalue weighted by Gasteiger charge is 2.34. The van der Waals surface area contributed by atoms with E-state index in [1.165, 1.54) is 18.4 Å². The van der Waals surface area contributed by atoms with Crippen molar-refractivity contribution in [2.45, 2.75) is 50.7 Å². The van der Waals surface area contributed by atoms with Crippen LogP contribution in [0.4, 0.5) is 0 Å². The normalized spacial score (nSPS) is 21.8. The average Bonchev–Trinajstić information content (AvgIpc) is 3.63. The molecule has 2 aromatic carbocycles. The Kier molecular flexibility index (Phi) is 6.58. The molecule has 2 aliphatic rings. The van der Waals surface area contributed by atoms with E-state index < -0.39 is 0 Å². The van der Waals surface area contributed by atoms with Crippen molar-refractivity contribution in [3.63, 3.8) is 0 Å². The first-order valence-electron chi connectivity index (χ1n) is 10.9. The van der Waals surface area contributed by atoms with E-state index in [1.807, 2.05) is 30.3 Å². The van der Waals surface area contributed by atoms with Gasteiger partial charge in [-0.1, -0.05) is 18.2 Å². The highest BCUT2D eigenvalue weighted by molar-refractivity contribution is 5.59. The molecule has 1 aliphatic heterocycles. The van der Waals surface area contributed by atoms with Crippen LogP contribution in [0.5, 0.6) is 17.2 Å². The first-order chi connectivity index (χ1) is 14.7. The molecule has 0 radical (unpaired) electrons. The SMILES string of the molecule is COc1cccc(OC)c1C1CCCC(C=O)N1Cc1ccc(OCC2CC2)cc1. The van der Waals surface area contributed by atoms with E-state index in [9.17, 15) is 4.79 Å². The van der Waals surface area contributed by atoms with Gasteiger partial charge in [-0.15, -0.1) is 0 Å². The van der Waals surface area contributed by atoms with Crippen LogP contribution < -0.4 is 14.2 Å². The number of methoxy groups -OCH3 is 2. The number of hydrogen-bond acceptors (Lipinski definition) is 5. The van der Waals surface area contributed by atoms with E-state index in [1.54, 1.807) is 14.2 Å². The third-order valence-electron chi connectivity index (χ3n) is 6.23. The van der Waals surface area contributed by atoms with Gasteiger partial charge in [0.15, 0.2) is 0 Å². The summed E-state index contributed by atoms with van der Waals surface area (Å²) in [5.41, 5.74) is 2.19. The number of hydrogen-bond donors (Lipinski definition) is 0. The van der Waals surface area contributed by atoms with Crippen LogP contribution in [-0.2, 0) is 11.3 Å². The molecule has 2 fully saturated rings. The van der Waals surface area contributed by atoms with Gasteiger partial charge in [0, 0.05) is 12.6 Å².